The Bertz CT molecular complexity index is 116. The second-order valence-electron chi connectivity index (χ2n) is 2.94. The van der Waals surface area contributed by atoms with Gasteiger partial charge in [-0.15, -0.1) is 0 Å². The number of rotatable bonds is 1. The van der Waals surface area contributed by atoms with E-state index in [4.69, 9.17) is 0 Å². The molecule has 2 aliphatic rings. The first-order chi connectivity index (χ1) is 3.30. The van der Waals surface area contributed by atoms with Crippen LogP contribution in [0.2, 0.25) is 0 Å². The Morgan fingerprint density at radius 2 is 2.14 bits per heavy atom. The zero-order chi connectivity index (χ0) is 5.02. The molecule has 2 atom stereocenters. The molecule has 0 aliphatic heterocycles. The Balaban J connectivity index is 2.02. The van der Waals surface area contributed by atoms with Gasteiger partial charge in [0.2, 0.25) is 0 Å². The molecule has 2 fully saturated rings. The second kappa shape index (κ2) is 0.795. The fourth-order valence-electron chi connectivity index (χ4n) is 1.51. The zero-order valence-electron chi connectivity index (χ0n) is 4.65. The summed E-state index contributed by atoms with van der Waals surface area (Å²) in [6.07, 6.45) is 1.51. The lowest BCUT2D eigenvalue weighted by Gasteiger charge is -1.97. The normalized spacial score (nSPS) is 53.0. The molecule has 0 aromatic rings. The van der Waals surface area contributed by atoms with E-state index in [-0.39, 0.29) is 0 Å². The Labute approximate surface area is 44.2 Å². The average Bonchev–Trinajstić information content (AvgIpc) is 2.02. The molecule has 0 heterocycles. The van der Waals surface area contributed by atoms with Crippen LogP contribution in [0.5, 0.6) is 0 Å². The van der Waals surface area contributed by atoms with Crippen molar-refractivity contribution < 1.29 is 0 Å². The predicted octanol–water partition coefficient (Wildman–Crippen LogP) is 1.83. The van der Waals surface area contributed by atoms with Gasteiger partial charge in [-0.3, -0.25) is 0 Å². The summed E-state index contributed by atoms with van der Waals surface area (Å²) in [4.78, 5) is 0. The van der Waals surface area contributed by atoms with Gasteiger partial charge in [0.1, 0.15) is 0 Å². The van der Waals surface area contributed by atoms with Crippen molar-refractivity contribution in [3.8, 4) is 0 Å². The van der Waals surface area contributed by atoms with Crippen LogP contribution in [0.3, 0.4) is 0 Å². The summed E-state index contributed by atoms with van der Waals surface area (Å²) in [5.41, 5.74) is 1.42. The van der Waals surface area contributed by atoms with Crippen LogP contribution in [-0.2, 0) is 0 Å². The SMILES string of the molecule is C=C(C)C1C2CC21. The van der Waals surface area contributed by atoms with Crippen LogP contribution in [-0.4, -0.2) is 0 Å². The first-order valence-electron chi connectivity index (χ1n) is 2.96. The van der Waals surface area contributed by atoms with E-state index in [1.807, 2.05) is 0 Å². The molecule has 2 rings (SSSR count). The van der Waals surface area contributed by atoms with Gasteiger partial charge in [-0.05, 0) is 31.1 Å². The van der Waals surface area contributed by atoms with Gasteiger partial charge in [0.15, 0.2) is 0 Å². The largest absolute Gasteiger partial charge is 0.0998 e. The standard InChI is InChI=1S/C7H10/c1-4(2)7-5-3-6(5)7/h5-7H,1,3H2,2H3. The maximum Gasteiger partial charge on any atom is -0.0146 e. The Hall–Kier alpha value is -0.260. The zero-order valence-corrected chi connectivity index (χ0v) is 4.65. The average molecular weight is 94.2 g/mol. The van der Waals surface area contributed by atoms with E-state index in [1.54, 1.807) is 0 Å². The second-order valence-corrected chi connectivity index (χ2v) is 2.94. The van der Waals surface area contributed by atoms with Crippen LogP contribution in [0, 0.1) is 17.8 Å². The lowest BCUT2D eigenvalue weighted by molar-refractivity contribution is 0.709. The molecular formula is C7H10. The van der Waals surface area contributed by atoms with Crippen molar-refractivity contribution in [2.24, 2.45) is 17.8 Å². The molecule has 2 aliphatic carbocycles. The van der Waals surface area contributed by atoms with Crippen molar-refractivity contribution in [3.63, 3.8) is 0 Å². The predicted molar refractivity (Wildman–Crippen MR) is 29.9 cm³/mol. The smallest absolute Gasteiger partial charge is 0.0146 e. The van der Waals surface area contributed by atoms with Gasteiger partial charge >= 0.3 is 0 Å². The molecule has 0 radical (unpaired) electrons. The van der Waals surface area contributed by atoms with Gasteiger partial charge in [0, 0.05) is 0 Å². The van der Waals surface area contributed by atoms with Crippen molar-refractivity contribution in [1.29, 1.82) is 0 Å². The summed E-state index contributed by atoms with van der Waals surface area (Å²) in [5.74, 6) is 3.19. The lowest BCUT2D eigenvalue weighted by atomic mass is 10.1. The van der Waals surface area contributed by atoms with Crippen LogP contribution in [0.4, 0.5) is 0 Å². The highest BCUT2D eigenvalue weighted by Gasteiger charge is 2.63. The summed E-state index contributed by atoms with van der Waals surface area (Å²) >= 11 is 0. The number of hydrogen-bond acceptors (Lipinski definition) is 0. The molecule has 7 heavy (non-hydrogen) atoms. The Morgan fingerprint density at radius 1 is 1.57 bits per heavy atom. The van der Waals surface area contributed by atoms with E-state index in [2.05, 4.69) is 13.5 Å². The number of allylic oxidation sites excluding steroid dienone is 1. The number of hydrogen-bond donors (Lipinski definition) is 0. The molecular weight excluding hydrogens is 84.1 g/mol. The third kappa shape index (κ3) is 0.324. The molecule has 0 saturated heterocycles. The lowest BCUT2D eigenvalue weighted by Crippen LogP contribution is -1.86. The van der Waals surface area contributed by atoms with Gasteiger partial charge in [0.05, 0.1) is 0 Å². The molecule has 0 nitrogen and oxygen atoms in total. The van der Waals surface area contributed by atoms with E-state index >= 15 is 0 Å². The van der Waals surface area contributed by atoms with E-state index in [9.17, 15) is 0 Å². The molecule has 0 spiro atoms. The third-order valence-corrected chi connectivity index (χ3v) is 2.24. The summed E-state index contributed by atoms with van der Waals surface area (Å²) in [6.45, 7) is 6.05. The summed E-state index contributed by atoms with van der Waals surface area (Å²) in [6, 6.07) is 0. The van der Waals surface area contributed by atoms with Gasteiger partial charge in [-0.2, -0.15) is 0 Å². The van der Waals surface area contributed by atoms with Crippen LogP contribution >= 0.6 is 0 Å². The molecule has 0 N–H and O–H groups in total. The van der Waals surface area contributed by atoms with Crippen molar-refractivity contribution in [2.75, 3.05) is 0 Å². The van der Waals surface area contributed by atoms with Crippen molar-refractivity contribution in [3.05, 3.63) is 12.2 Å². The van der Waals surface area contributed by atoms with Gasteiger partial charge in [0.25, 0.3) is 0 Å². The van der Waals surface area contributed by atoms with Crippen molar-refractivity contribution in [2.45, 2.75) is 13.3 Å². The molecule has 0 aromatic heterocycles. The first kappa shape index (κ1) is 3.71. The fourth-order valence-corrected chi connectivity index (χ4v) is 1.51. The van der Waals surface area contributed by atoms with Crippen LogP contribution in [0.15, 0.2) is 12.2 Å². The van der Waals surface area contributed by atoms with Gasteiger partial charge in [-0.25, -0.2) is 0 Å². The minimum Gasteiger partial charge on any atom is -0.0998 e. The van der Waals surface area contributed by atoms with Crippen LogP contribution in [0.25, 0.3) is 0 Å². The molecule has 38 valence electrons. The van der Waals surface area contributed by atoms with E-state index < -0.39 is 0 Å². The van der Waals surface area contributed by atoms with Crippen molar-refractivity contribution in [1.82, 2.24) is 0 Å². The highest BCUT2D eigenvalue weighted by atomic mass is 14.7. The molecule has 0 amide bonds. The molecule has 2 saturated carbocycles. The molecule has 0 heteroatoms. The molecule has 2 unspecified atom stereocenters. The van der Waals surface area contributed by atoms with Crippen LogP contribution in [0.1, 0.15) is 13.3 Å². The van der Waals surface area contributed by atoms with E-state index in [0.717, 1.165) is 17.8 Å². The third-order valence-electron chi connectivity index (χ3n) is 2.24. The Morgan fingerprint density at radius 3 is 2.14 bits per heavy atom. The summed E-state index contributed by atoms with van der Waals surface area (Å²) in [7, 11) is 0. The minimum atomic E-state index is 0.972. The van der Waals surface area contributed by atoms with E-state index in [0.29, 0.717) is 0 Å². The summed E-state index contributed by atoms with van der Waals surface area (Å²) < 4.78 is 0. The maximum absolute atomic E-state index is 3.90. The van der Waals surface area contributed by atoms with Gasteiger partial charge < -0.3 is 0 Å². The Kier molecular flexibility index (Phi) is 0.421. The fraction of sp³-hybridized carbons (Fsp3) is 0.714. The van der Waals surface area contributed by atoms with Gasteiger partial charge in [-0.1, -0.05) is 12.2 Å². The van der Waals surface area contributed by atoms with Crippen LogP contribution < -0.4 is 0 Å². The topological polar surface area (TPSA) is 0 Å². The van der Waals surface area contributed by atoms with E-state index in [1.165, 1.54) is 12.0 Å². The first-order valence-corrected chi connectivity index (χ1v) is 2.96. The highest BCUT2D eigenvalue weighted by Crippen LogP contribution is 2.70. The monoisotopic (exact) mass is 94.1 g/mol. The number of fused-ring (bicyclic) bond motifs is 1. The molecule has 0 bridgehead atoms. The highest BCUT2D eigenvalue weighted by molar-refractivity contribution is 5.24. The maximum atomic E-state index is 3.90. The quantitative estimate of drug-likeness (QED) is 0.435. The molecule has 0 aromatic carbocycles. The van der Waals surface area contributed by atoms with Crippen molar-refractivity contribution >= 4 is 0 Å². The summed E-state index contributed by atoms with van der Waals surface area (Å²) in [5, 5.41) is 0. The minimum absolute atomic E-state index is 0.972.